The predicted octanol–water partition coefficient (Wildman–Crippen LogP) is 5.08. The zero-order valence-corrected chi connectivity index (χ0v) is 18.4. The molecular formula is C21H18Cl2F2N6O. The number of benzene rings is 2. The van der Waals surface area contributed by atoms with Gasteiger partial charge in [-0.05, 0) is 42.5 Å². The Hall–Kier alpha value is -3.22. The van der Waals surface area contributed by atoms with E-state index in [0.717, 1.165) is 11.3 Å². The molecule has 0 radical (unpaired) electrons. The van der Waals surface area contributed by atoms with Crippen molar-refractivity contribution in [2.45, 2.75) is 13.0 Å². The van der Waals surface area contributed by atoms with E-state index in [4.69, 9.17) is 23.2 Å². The number of nitrogens with zero attached hydrogens (tertiary/aromatic N) is 5. The summed E-state index contributed by atoms with van der Waals surface area (Å²) in [6, 6.07) is 11.1. The second-order valence-corrected chi connectivity index (χ2v) is 7.43. The smallest absolute Gasteiger partial charge is 0.387 e. The van der Waals surface area contributed by atoms with Crippen LogP contribution >= 0.6 is 23.2 Å². The minimum atomic E-state index is -2.95. The van der Waals surface area contributed by atoms with Crippen molar-refractivity contribution in [3.05, 3.63) is 58.1 Å². The van der Waals surface area contributed by atoms with Gasteiger partial charge in [0.2, 0.25) is 5.96 Å². The van der Waals surface area contributed by atoms with Crippen LogP contribution in [0.3, 0.4) is 0 Å². The van der Waals surface area contributed by atoms with E-state index in [9.17, 15) is 14.0 Å². The Kier molecular flexibility index (Phi) is 7.98. The molecule has 0 saturated carbocycles. The molecule has 0 fully saturated rings. The third-order valence-corrected chi connectivity index (χ3v) is 5.23. The summed E-state index contributed by atoms with van der Waals surface area (Å²) in [6.07, 6.45) is 4.21. The van der Waals surface area contributed by atoms with Crippen LogP contribution in [0.4, 0.5) is 14.5 Å². The van der Waals surface area contributed by atoms with Gasteiger partial charge in [0, 0.05) is 19.0 Å². The lowest BCUT2D eigenvalue weighted by molar-refractivity contribution is -0.0498. The Morgan fingerprint density at radius 1 is 1.34 bits per heavy atom. The first-order valence-electron chi connectivity index (χ1n) is 9.42. The van der Waals surface area contributed by atoms with Crippen LogP contribution in [-0.4, -0.2) is 43.1 Å². The fraction of sp³-hybridized carbons (Fsp3) is 0.238. The molecule has 0 aromatic heterocycles. The summed E-state index contributed by atoms with van der Waals surface area (Å²) in [5.74, 6) is 0.0290. The van der Waals surface area contributed by atoms with Crippen LogP contribution in [0.25, 0.3) is 0 Å². The number of guanidine groups is 1. The first-order valence-corrected chi connectivity index (χ1v) is 10.2. The van der Waals surface area contributed by atoms with Crippen molar-refractivity contribution in [3.8, 4) is 11.9 Å². The molecule has 0 aliphatic carbocycles. The number of halogens is 4. The van der Waals surface area contributed by atoms with E-state index < -0.39 is 6.61 Å². The van der Waals surface area contributed by atoms with E-state index in [-0.39, 0.29) is 17.6 Å². The summed E-state index contributed by atoms with van der Waals surface area (Å²) in [4.78, 5) is 8.42. The maximum Gasteiger partial charge on any atom is 0.387 e. The number of nitrogens with one attached hydrogen (secondary N) is 1. The molecule has 1 aliphatic heterocycles. The zero-order chi connectivity index (χ0) is 23.1. The minimum Gasteiger partial charge on any atom is -0.435 e. The van der Waals surface area contributed by atoms with E-state index in [2.05, 4.69) is 25.1 Å². The molecule has 0 spiro atoms. The number of hydrogen-bond donors (Lipinski definition) is 1. The SMILES string of the molecule is CN=CCC1CN(C(=Nc2cccc(OC(F)F)c2)NC#N)N=C1c1ccc(Cl)c(Cl)c1. The highest BCUT2D eigenvalue weighted by Crippen LogP contribution is 2.28. The summed E-state index contributed by atoms with van der Waals surface area (Å²) < 4.78 is 29.4. The summed E-state index contributed by atoms with van der Waals surface area (Å²) >= 11 is 12.2. The van der Waals surface area contributed by atoms with Crippen LogP contribution < -0.4 is 10.1 Å². The van der Waals surface area contributed by atoms with Gasteiger partial charge >= 0.3 is 6.61 Å². The van der Waals surface area contributed by atoms with Crippen molar-refractivity contribution >= 4 is 46.8 Å². The van der Waals surface area contributed by atoms with Gasteiger partial charge in [0.15, 0.2) is 6.19 Å². The monoisotopic (exact) mass is 478 g/mol. The van der Waals surface area contributed by atoms with Gasteiger partial charge in [-0.1, -0.05) is 35.3 Å². The van der Waals surface area contributed by atoms with Crippen LogP contribution in [0.1, 0.15) is 12.0 Å². The molecule has 0 bridgehead atoms. The third-order valence-electron chi connectivity index (χ3n) is 4.49. The van der Waals surface area contributed by atoms with Gasteiger partial charge in [-0.25, -0.2) is 10.0 Å². The molecule has 1 aliphatic rings. The Morgan fingerprint density at radius 2 is 2.16 bits per heavy atom. The van der Waals surface area contributed by atoms with Crippen molar-refractivity contribution in [1.29, 1.82) is 5.26 Å². The number of aliphatic imine (C=N–C) groups is 2. The molecule has 3 rings (SSSR count). The number of hydrogen-bond acceptors (Lipinski definition) is 5. The highest BCUT2D eigenvalue weighted by atomic mass is 35.5. The van der Waals surface area contributed by atoms with Crippen molar-refractivity contribution in [1.82, 2.24) is 10.3 Å². The quantitative estimate of drug-likeness (QED) is 0.271. The summed E-state index contributed by atoms with van der Waals surface area (Å²) in [7, 11) is 1.68. The van der Waals surface area contributed by atoms with Crippen LogP contribution in [0.15, 0.2) is 57.6 Å². The topological polar surface area (TPSA) is 85.4 Å². The summed E-state index contributed by atoms with van der Waals surface area (Å²) in [5, 5.41) is 18.7. The summed E-state index contributed by atoms with van der Waals surface area (Å²) in [5.41, 5.74) is 1.82. The average molecular weight is 479 g/mol. The Morgan fingerprint density at radius 3 is 2.84 bits per heavy atom. The van der Waals surface area contributed by atoms with Gasteiger partial charge < -0.3 is 9.73 Å². The Labute approximate surface area is 193 Å². The number of alkyl halides is 2. The van der Waals surface area contributed by atoms with Crippen LogP contribution in [-0.2, 0) is 0 Å². The van der Waals surface area contributed by atoms with Gasteiger partial charge in [0.05, 0.1) is 28.0 Å². The number of nitriles is 1. The standard InChI is InChI=1S/C21H18Cl2F2N6O/c1-27-8-7-14-11-31(30-19(14)13-5-6-17(22)18(23)9-13)21(28-12-26)29-15-3-2-4-16(10-15)32-20(24)25/h2-6,8-10,14,20H,7,11H2,1H3,(H,28,29). The first-order chi connectivity index (χ1) is 15.4. The molecule has 2 aromatic carbocycles. The van der Waals surface area contributed by atoms with E-state index in [1.165, 1.54) is 23.2 Å². The fourth-order valence-corrected chi connectivity index (χ4v) is 3.40. The van der Waals surface area contributed by atoms with Gasteiger partial charge in [0.1, 0.15) is 5.75 Å². The molecule has 1 unspecified atom stereocenters. The molecule has 1 heterocycles. The van der Waals surface area contributed by atoms with Crippen LogP contribution in [0.5, 0.6) is 5.75 Å². The van der Waals surface area contributed by atoms with Gasteiger partial charge in [0.25, 0.3) is 0 Å². The second kappa shape index (κ2) is 10.9. The first kappa shape index (κ1) is 23.4. The largest absolute Gasteiger partial charge is 0.435 e. The van der Waals surface area contributed by atoms with Crippen molar-refractivity contribution in [3.63, 3.8) is 0 Å². The van der Waals surface area contributed by atoms with Gasteiger partial charge in [-0.3, -0.25) is 5.32 Å². The van der Waals surface area contributed by atoms with Crippen molar-refractivity contribution < 1.29 is 13.5 Å². The number of ether oxygens (including phenoxy) is 1. The zero-order valence-electron chi connectivity index (χ0n) is 16.8. The van der Waals surface area contributed by atoms with E-state index in [0.29, 0.717) is 28.7 Å². The van der Waals surface area contributed by atoms with Gasteiger partial charge in [-0.15, -0.1) is 0 Å². The van der Waals surface area contributed by atoms with E-state index in [1.54, 1.807) is 31.5 Å². The number of rotatable bonds is 6. The summed E-state index contributed by atoms with van der Waals surface area (Å²) in [6.45, 7) is -2.55. The van der Waals surface area contributed by atoms with Gasteiger partial charge in [-0.2, -0.15) is 19.1 Å². The Balaban J connectivity index is 1.96. The molecule has 2 aromatic rings. The Bertz CT molecular complexity index is 1100. The van der Waals surface area contributed by atoms with E-state index >= 15 is 0 Å². The lowest BCUT2D eigenvalue weighted by Crippen LogP contribution is -2.35. The molecule has 1 atom stereocenters. The third kappa shape index (κ3) is 5.93. The molecule has 11 heteroatoms. The van der Waals surface area contributed by atoms with Crippen molar-refractivity contribution in [2.75, 3.05) is 13.6 Å². The molecule has 0 saturated heterocycles. The maximum absolute atomic E-state index is 12.5. The van der Waals surface area contributed by atoms with Crippen LogP contribution in [0, 0.1) is 17.4 Å². The lowest BCUT2D eigenvalue weighted by Gasteiger charge is -2.16. The maximum atomic E-state index is 12.5. The molecule has 32 heavy (non-hydrogen) atoms. The van der Waals surface area contributed by atoms with Crippen LogP contribution in [0.2, 0.25) is 10.0 Å². The molecular weight excluding hydrogens is 461 g/mol. The lowest BCUT2D eigenvalue weighted by atomic mass is 9.95. The predicted molar refractivity (Wildman–Crippen MR) is 121 cm³/mol. The molecule has 7 nitrogen and oxygen atoms in total. The minimum absolute atomic E-state index is 0.0454. The highest BCUT2D eigenvalue weighted by molar-refractivity contribution is 6.42. The normalized spacial score (nSPS) is 16.4. The van der Waals surface area contributed by atoms with Crippen molar-refractivity contribution in [2.24, 2.45) is 21.0 Å². The van der Waals surface area contributed by atoms with E-state index in [1.807, 2.05) is 12.3 Å². The molecule has 166 valence electrons. The second-order valence-electron chi connectivity index (χ2n) is 6.62. The molecule has 0 amide bonds. The fourth-order valence-electron chi connectivity index (χ4n) is 3.10. The molecule has 1 N–H and O–H groups in total. The number of hydrazone groups is 1. The average Bonchev–Trinajstić information content (AvgIpc) is 3.18. The highest BCUT2D eigenvalue weighted by Gasteiger charge is 2.30.